The van der Waals surface area contributed by atoms with Gasteiger partial charge in [-0.1, -0.05) is 18.2 Å². The number of aryl methyl sites for hydroxylation is 1. The molecule has 0 aliphatic rings. The Labute approximate surface area is 132 Å². The number of ether oxygens (including phenoxy) is 1. The molecule has 0 fully saturated rings. The molecule has 2 aromatic heterocycles. The van der Waals surface area contributed by atoms with Gasteiger partial charge in [-0.05, 0) is 35.5 Å². The molecular formula is C15H15N5O3. The Morgan fingerprint density at radius 3 is 2.74 bits per heavy atom. The van der Waals surface area contributed by atoms with Gasteiger partial charge in [0.05, 0.1) is 6.04 Å². The number of hydrogen-bond donors (Lipinski definition) is 1. The van der Waals surface area contributed by atoms with Crippen molar-refractivity contribution in [1.29, 1.82) is 0 Å². The number of nitrogens with zero attached hydrogens (tertiary/aromatic N) is 4. The molecule has 0 aliphatic heterocycles. The average molecular weight is 313 g/mol. The highest BCUT2D eigenvalue weighted by Crippen LogP contribution is 2.23. The normalized spacial score (nSPS) is 11.9. The lowest BCUT2D eigenvalue weighted by atomic mass is 10.3. The number of para-hydroxylation sites is 1. The van der Waals surface area contributed by atoms with Crippen molar-refractivity contribution >= 4 is 5.91 Å². The van der Waals surface area contributed by atoms with Crippen LogP contribution in [0.2, 0.25) is 0 Å². The van der Waals surface area contributed by atoms with Gasteiger partial charge in [0.25, 0.3) is 11.9 Å². The van der Waals surface area contributed by atoms with E-state index in [1.54, 1.807) is 38.2 Å². The largest absolute Gasteiger partial charge is 0.426 e. The summed E-state index contributed by atoms with van der Waals surface area (Å²) in [6, 6.07) is 12.0. The predicted octanol–water partition coefficient (Wildman–Crippen LogP) is 2.09. The molecule has 1 atom stereocenters. The standard InChI is InChI=1S/C15H15N5O3/c1-10(14-17-18-19-20(14)2)16-15(21)12-8-9-13(23-12)22-11-6-4-3-5-7-11/h3-10H,1-2H3,(H,16,21)/t10-/m0/s1. The summed E-state index contributed by atoms with van der Waals surface area (Å²) < 4.78 is 12.4. The van der Waals surface area contributed by atoms with Crippen molar-refractivity contribution in [3.8, 4) is 11.7 Å². The summed E-state index contributed by atoms with van der Waals surface area (Å²) in [5.41, 5.74) is 0. The van der Waals surface area contributed by atoms with Gasteiger partial charge < -0.3 is 14.5 Å². The highest BCUT2D eigenvalue weighted by Gasteiger charge is 2.19. The molecule has 0 bridgehead atoms. The topological polar surface area (TPSA) is 95.1 Å². The molecule has 23 heavy (non-hydrogen) atoms. The number of carbonyl (C=O) groups excluding carboxylic acids is 1. The van der Waals surface area contributed by atoms with Crippen molar-refractivity contribution in [3.05, 3.63) is 54.0 Å². The van der Waals surface area contributed by atoms with Crippen LogP contribution in [0.15, 0.2) is 46.9 Å². The molecule has 118 valence electrons. The number of hydrogen-bond acceptors (Lipinski definition) is 6. The Balaban J connectivity index is 1.65. The maximum atomic E-state index is 12.2. The maximum absolute atomic E-state index is 12.2. The van der Waals surface area contributed by atoms with Gasteiger partial charge >= 0.3 is 0 Å². The molecule has 0 saturated carbocycles. The number of carbonyl (C=O) groups is 1. The van der Waals surface area contributed by atoms with E-state index in [0.29, 0.717) is 11.6 Å². The van der Waals surface area contributed by atoms with E-state index in [4.69, 9.17) is 9.15 Å². The van der Waals surface area contributed by atoms with E-state index in [2.05, 4.69) is 20.8 Å². The summed E-state index contributed by atoms with van der Waals surface area (Å²) in [5, 5.41) is 13.9. The first kappa shape index (κ1) is 14.8. The van der Waals surface area contributed by atoms with Crippen LogP contribution in [-0.2, 0) is 7.05 Å². The van der Waals surface area contributed by atoms with E-state index in [1.807, 2.05) is 18.2 Å². The molecule has 1 amide bonds. The van der Waals surface area contributed by atoms with Crippen LogP contribution in [0.1, 0.15) is 29.3 Å². The number of furan rings is 1. The molecule has 1 aromatic carbocycles. The Bertz CT molecular complexity index is 796. The van der Waals surface area contributed by atoms with Gasteiger partial charge in [0.15, 0.2) is 11.6 Å². The third kappa shape index (κ3) is 3.37. The average Bonchev–Trinajstić information content (AvgIpc) is 3.17. The molecule has 8 heteroatoms. The van der Waals surface area contributed by atoms with Crippen molar-refractivity contribution in [1.82, 2.24) is 25.5 Å². The Hall–Kier alpha value is -3.16. The summed E-state index contributed by atoms with van der Waals surface area (Å²) in [4.78, 5) is 12.2. The van der Waals surface area contributed by atoms with E-state index >= 15 is 0 Å². The van der Waals surface area contributed by atoms with Gasteiger partial charge in [-0.15, -0.1) is 5.10 Å². The molecule has 0 unspecified atom stereocenters. The second-order valence-corrected chi connectivity index (χ2v) is 4.89. The molecule has 0 aliphatic carbocycles. The second kappa shape index (κ2) is 6.30. The lowest BCUT2D eigenvalue weighted by Gasteiger charge is -2.10. The van der Waals surface area contributed by atoms with Crippen LogP contribution in [0.25, 0.3) is 0 Å². The van der Waals surface area contributed by atoms with Crippen molar-refractivity contribution in [2.24, 2.45) is 7.05 Å². The van der Waals surface area contributed by atoms with Crippen molar-refractivity contribution in [3.63, 3.8) is 0 Å². The summed E-state index contributed by atoms with van der Waals surface area (Å²) in [6.45, 7) is 1.79. The molecule has 0 saturated heterocycles. The number of amides is 1. The monoisotopic (exact) mass is 313 g/mol. The van der Waals surface area contributed by atoms with Crippen molar-refractivity contribution < 1.29 is 13.9 Å². The van der Waals surface area contributed by atoms with Crippen LogP contribution < -0.4 is 10.1 Å². The fraction of sp³-hybridized carbons (Fsp3) is 0.200. The summed E-state index contributed by atoms with van der Waals surface area (Å²) in [5.74, 6) is 1.20. The zero-order chi connectivity index (χ0) is 16.2. The number of nitrogens with one attached hydrogen (secondary N) is 1. The SMILES string of the molecule is C[C@H](NC(=O)c1ccc(Oc2ccccc2)o1)c1nnnn1C. The predicted molar refractivity (Wildman–Crippen MR) is 79.9 cm³/mol. The number of rotatable bonds is 5. The van der Waals surface area contributed by atoms with Gasteiger partial charge in [0.2, 0.25) is 0 Å². The molecule has 1 N–H and O–H groups in total. The van der Waals surface area contributed by atoms with E-state index in [-0.39, 0.29) is 23.7 Å². The van der Waals surface area contributed by atoms with Crippen LogP contribution in [-0.4, -0.2) is 26.1 Å². The van der Waals surface area contributed by atoms with Gasteiger partial charge in [-0.2, -0.15) is 0 Å². The summed E-state index contributed by atoms with van der Waals surface area (Å²) in [7, 11) is 1.71. The van der Waals surface area contributed by atoms with Crippen LogP contribution >= 0.6 is 0 Å². The highest BCUT2D eigenvalue weighted by atomic mass is 16.6. The fourth-order valence-electron chi connectivity index (χ4n) is 2.04. The zero-order valence-corrected chi connectivity index (χ0v) is 12.6. The minimum absolute atomic E-state index is 0.151. The van der Waals surface area contributed by atoms with E-state index < -0.39 is 0 Å². The molecule has 3 rings (SSSR count). The maximum Gasteiger partial charge on any atom is 0.290 e. The van der Waals surface area contributed by atoms with Crippen LogP contribution in [0.3, 0.4) is 0 Å². The first-order chi connectivity index (χ1) is 11.1. The lowest BCUT2D eigenvalue weighted by Crippen LogP contribution is -2.28. The van der Waals surface area contributed by atoms with E-state index in [1.165, 1.54) is 4.68 Å². The third-order valence-corrected chi connectivity index (χ3v) is 3.15. The fourth-order valence-corrected chi connectivity index (χ4v) is 2.04. The first-order valence-electron chi connectivity index (χ1n) is 6.99. The van der Waals surface area contributed by atoms with E-state index in [9.17, 15) is 4.79 Å². The first-order valence-corrected chi connectivity index (χ1v) is 6.99. The van der Waals surface area contributed by atoms with Crippen LogP contribution in [0.4, 0.5) is 0 Å². The Kier molecular flexibility index (Phi) is 4.05. The third-order valence-electron chi connectivity index (χ3n) is 3.15. The molecule has 3 aromatic rings. The summed E-state index contributed by atoms with van der Waals surface area (Å²) in [6.07, 6.45) is 0. The highest BCUT2D eigenvalue weighted by molar-refractivity contribution is 5.91. The second-order valence-electron chi connectivity index (χ2n) is 4.89. The van der Waals surface area contributed by atoms with Crippen molar-refractivity contribution in [2.75, 3.05) is 0 Å². The van der Waals surface area contributed by atoms with Crippen LogP contribution in [0.5, 0.6) is 11.7 Å². The summed E-state index contributed by atoms with van der Waals surface area (Å²) >= 11 is 0. The smallest absolute Gasteiger partial charge is 0.290 e. The molecular weight excluding hydrogens is 298 g/mol. The molecule has 2 heterocycles. The van der Waals surface area contributed by atoms with Gasteiger partial charge in [0.1, 0.15) is 5.75 Å². The van der Waals surface area contributed by atoms with Gasteiger partial charge in [-0.25, -0.2) is 4.68 Å². The Morgan fingerprint density at radius 1 is 1.26 bits per heavy atom. The minimum atomic E-state index is -0.372. The number of benzene rings is 1. The van der Waals surface area contributed by atoms with E-state index in [0.717, 1.165) is 0 Å². The zero-order valence-electron chi connectivity index (χ0n) is 12.6. The number of tetrazole rings is 1. The number of aromatic nitrogens is 4. The minimum Gasteiger partial charge on any atom is -0.426 e. The quantitative estimate of drug-likeness (QED) is 0.775. The Morgan fingerprint density at radius 2 is 2.04 bits per heavy atom. The lowest BCUT2D eigenvalue weighted by molar-refractivity contribution is 0.0904. The molecule has 0 spiro atoms. The van der Waals surface area contributed by atoms with Gasteiger partial charge in [-0.3, -0.25) is 4.79 Å². The van der Waals surface area contributed by atoms with Crippen molar-refractivity contribution in [2.45, 2.75) is 13.0 Å². The van der Waals surface area contributed by atoms with Gasteiger partial charge in [0, 0.05) is 13.1 Å². The molecule has 8 nitrogen and oxygen atoms in total. The van der Waals surface area contributed by atoms with Crippen LogP contribution in [0, 0.1) is 0 Å². The molecule has 0 radical (unpaired) electrons.